The third-order valence-electron chi connectivity index (χ3n) is 4.60. The zero-order valence-corrected chi connectivity index (χ0v) is 16.9. The monoisotopic (exact) mass is 387 g/mol. The first kappa shape index (κ1) is 23.9. The normalized spacial score (nSPS) is 14.6. The van der Waals surface area contributed by atoms with Gasteiger partial charge in [-0.1, -0.05) is 12.1 Å². The van der Waals surface area contributed by atoms with Gasteiger partial charge in [0.2, 0.25) is 0 Å². The van der Waals surface area contributed by atoms with E-state index >= 15 is 0 Å². The number of carbonyl (C=O) groups excluding carboxylic acids is 1. The molecule has 25 heavy (non-hydrogen) atoms. The van der Waals surface area contributed by atoms with E-state index in [-0.39, 0.29) is 30.7 Å². The molecule has 4 nitrogen and oxygen atoms in total. The smallest absolute Gasteiger partial charge is 0.253 e. The molecule has 1 aliphatic heterocycles. The Morgan fingerprint density at radius 3 is 2.20 bits per heavy atom. The van der Waals surface area contributed by atoms with E-state index in [1.165, 1.54) is 11.8 Å². The molecular formula is C19H31Cl2N3O. The molecule has 0 unspecified atom stereocenters. The molecular weight excluding hydrogens is 357 g/mol. The van der Waals surface area contributed by atoms with Gasteiger partial charge in [-0.25, -0.2) is 0 Å². The molecule has 2 rings (SSSR count). The van der Waals surface area contributed by atoms with E-state index in [0.29, 0.717) is 6.04 Å². The van der Waals surface area contributed by atoms with Crippen molar-refractivity contribution in [2.45, 2.75) is 45.6 Å². The second-order valence-electron chi connectivity index (χ2n) is 6.57. The van der Waals surface area contributed by atoms with Gasteiger partial charge in [-0.05, 0) is 63.4 Å². The summed E-state index contributed by atoms with van der Waals surface area (Å²) >= 11 is 0. The first-order chi connectivity index (χ1) is 11.1. The zero-order valence-electron chi connectivity index (χ0n) is 15.2. The number of halogens is 2. The highest BCUT2D eigenvalue weighted by Gasteiger charge is 2.23. The number of hydrogen-bond donors (Lipinski definition) is 1. The van der Waals surface area contributed by atoms with Crippen molar-refractivity contribution in [1.29, 1.82) is 5.41 Å². The number of carbonyl (C=O) groups is 1. The standard InChI is InChI=1S/C19H29N3O.2ClH/c1-16(2)21-12-14-22(15-13-21)19(23)18-9-7-17(8-10-18)6-4-3-5-11-20;;/h7-11,16,20H,3-6,12-15H2,1-2H3;2*1H. The van der Waals surface area contributed by atoms with Crippen LogP contribution in [0, 0.1) is 5.41 Å². The largest absolute Gasteiger partial charge is 0.336 e. The van der Waals surface area contributed by atoms with Crippen molar-refractivity contribution in [3.05, 3.63) is 35.4 Å². The van der Waals surface area contributed by atoms with Gasteiger partial charge < -0.3 is 10.3 Å². The number of rotatable bonds is 7. The Kier molecular flexibility index (Phi) is 11.7. The third kappa shape index (κ3) is 7.35. The maximum Gasteiger partial charge on any atom is 0.253 e. The van der Waals surface area contributed by atoms with Crippen molar-refractivity contribution >= 4 is 36.9 Å². The average molecular weight is 388 g/mol. The molecule has 1 heterocycles. The number of amides is 1. The molecule has 0 saturated carbocycles. The van der Waals surface area contributed by atoms with Crippen molar-refractivity contribution in [3.8, 4) is 0 Å². The zero-order chi connectivity index (χ0) is 16.7. The lowest BCUT2D eigenvalue weighted by Crippen LogP contribution is -2.50. The van der Waals surface area contributed by atoms with Gasteiger partial charge in [0.25, 0.3) is 5.91 Å². The Hall–Kier alpha value is -1.10. The average Bonchev–Trinajstić information content (AvgIpc) is 2.59. The van der Waals surface area contributed by atoms with Crippen molar-refractivity contribution in [1.82, 2.24) is 9.80 Å². The van der Waals surface area contributed by atoms with E-state index in [2.05, 4.69) is 30.9 Å². The quantitative estimate of drug-likeness (QED) is 0.566. The van der Waals surface area contributed by atoms with Crippen molar-refractivity contribution in [2.75, 3.05) is 26.2 Å². The number of unbranched alkanes of at least 4 members (excludes halogenated alkanes) is 2. The van der Waals surface area contributed by atoms with Crippen LogP contribution in [0.4, 0.5) is 0 Å². The summed E-state index contributed by atoms with van der Waals surface area (Å²) < 4.78 is 0. The molecule has 0 aliphatic carbocycles. The van der Waals surface area contributed by atoms with E-state index in [9.17, 15) is 4.79 Å². The fourth-order valence-electron chi connectivity index (χ4n) is 3.01. The van der Waals surface area contributed by atoms with E-state index in [1.54, 1.807) is 0 Å². The third-order valence-corrected chi connectivity index (χ3v) is 4.60. The molecule has 1 aliphatic rings. The predicted octanol–water partition coefficient (Wildman–Crippen LogP) is 4.06. The van der Waals surface area contributed by atoms with E-state index in [0.717, 1.165) is 57.4 Å². The van der Waals surface area contributed by atoms with Crippen LogP contribution in [0.5, 0.6) is 0 Å². The van der Waals surface area contributed by atoms with Crippen LogP contribution in [0.25, 0.3) is 0 Å². The lowest BCUT2D eigenvalue weighted by Gasteiger charge is -2.37. The van der Waals surface area contributed by atoms with Gasteiger partial charge in [-0.15, -0.1) is 24.8 Å². The lowest BCUT2D eigenvalue weighted by molar-refractivity contribution is 0.0595. The van der Waals surface area contributed by atoms with E-state index < -0.39 is 0 Å². The molecule has 0 aromatic heterocycles. The summed E-state index contributed by atoms with van der Waals surface area (Å²) in [6, 6.07) is 8.62. The number of piperazine rings is 1. The first-order valence-corrected chi connectivity index (χ1v) is 8.73. The van der Waals surface area contributed by atoms with Crippen LogP contribution >= 0.6 is 24.8 Å². The van der Waals surface area contributed by atoms with Gasteiger partial charge in [0.05, 0.1) is 0 Å². The molecule has 1 amide bonds. The van der Waals surface area contributed by atoms with Crippen LogP contribution in [0.3, 0.4) is 0 Å². The minimum Gasteiger partial charge on any atom is -0.336 e. The molecule has 1 aromatic rings. The highest BCUT2D eigenvalue weighted by atomic mass is 35.5. The summed E-state index contributed by atoms with van der Waals surface area (Å²) in [6.45, 7) is 7.99. The Morgan fingerprint density at radius 2 is 1.68 bits per heavy atom. The maximum absolute atomic E-state index is 12.6. The minimum atomic E-state index is 0. The highest BCUT2D eigenvalue weighted by Crippen LogP contribution is 2.13. The van der Waals surface area contributed by atoms with Crippen LogP contribution in [0.1, 0.15) is 49.0 Å². The molecule has 1 aromatic carbocycles. The highest BCUT2D eigenvalue weighted by molar-refractivity contribution is 5.94. The van der Waals surface area contributed by atoms with Gasteiger partial charge in [0.1, 0.15) is 0 Å². The molecule has 0 spiro atoms. The van der Waals surface area contributed by atoms with Crippen LogP contribution in [0.2, 0.25) is 0 Å². The predicted molar refractivity (Wildman–Crippen MR) is 110 cm³/mol. The van der Waals surface area contributed by atoms with Crippen LogP contribution in [-0.4, -0.2) is 54.1 Å². The Bertz CT molecular complexity index is 512. The van der Waals surface area contributed by atoms with Gasteiger partial charge in [-0.3, -0.25) is 9.69 Å². The fraction of sp³-hybridized carbons (Fsp3) is 0.579. The van der Waals surface area contributed by atoms with Gasteiger partial charge in [0.15, 0.2) is 0 Å². The Labute approximate surface area is 164 Å². The van der Waals surface area contributed by atoms with Gasteiger partial charge in [-0.2, -0.15) is 0 Å². The summed E-state index contributed by atoms with van der Waals surface area (Å²) in [7, 11) is 0. The molecule has 1 N–H and O–H groups in total. The molecule has 1 saturated heterocycles. The molecule has 142 valence electrons. The number of nitrogens with one attached hydrogen (secondary N) is 1. The van der Waals surface area contributed by atoms with Crippen molar-refractivity contribution < 1.29 is 4.79 Å². The number of aryl methyl sites for hydroxylation is 1. The molecule has 0 atom stereocenters. The molecule has 6 heteroatoms. The Morgan fingerprint density at radius 1 is 1.08 bits per heavy atom. The maximum atomic E-state index is 12.6. The lowest BCUT2D eigenvalue weighted by atomic mass is 10.0. The fourth-order valence-corrected chi connectivity index (χ4v) is 3.01. The Balaban J connectivity index is 0.00000288. The van der Waals surface area contributed by atoms with Crippen LogP contribution in [-0.2, 0) is 6.42 Å². The van der Waals surface area contributed by atoms with Gasteiger partial charge in [0, 0.05) is 37.8 Å². The van der Waals surface area contributed by atoms with Crippen LogP contribution in [0.15, 0.2) is 24.3 Å². The van der Waals surface area contributed by atoms with Crippen molar-refractivity contribution in [3.63, 3.8) is 0 Å². The second-order valence-corrected chi connectivity index (χ2v) is 6.57. The van der Waals surface area contributed by atoms with E-state index in [4.69, 9.17) is 5.41 Å². The summed E-state index contributed by atoms with van der Waals surface area (Å²) in [4.78, 5) is 17.0. The number of benzene rings is 1. The summed E-state index contributed by atoms with van der Waals surface area (Å²) in [5.41, 5.74) is 2.07. The molecule has 0 radical (unpaired) electrons. The molecule has 1 fully saturated rings. The minimum absolute atomic E-state index is 0. The van der Waals surface area contributed by atoms with Gasteiger partial charge >= 0.3 is 0 Å². The summed E-state index contributed by atoms with van der Waals surface area (Å²) in [5.74, 6) is 0.156. The second kappa shape index (κ2) is 12.3. The summed E-state index contributed by atoms with van der Waals surface area (Å²) in [6.07, 6.45) is 5.51. The summed E-state index contributed by atoms with van der Waals surface area (Å²) in [5, 5.41) is 7.02. The number of nitrogens with zero attached hydrogens (tertiary/aromatic N) is 2. The first-order valence-electron chi connectivity index (χ1n) is 8.73. The SMILES string of the molecule is CC(C)N1CCN(C(=O)c2ccc(CCCCC=N)cc2)CC1.Cl.Cl. The molecule has 0 bridgehead atoms. The van der Waals surface area contributed by atoms with Crippen LogP contribution < -0.4 is 0 Å². The number of hydrogen-bond acceptors (Lipinski definition) is 3. The van der Waals surface area contributed by atoms with E-state index in [1.807, 2.05) is 17.0 Å². The topological polar surface area (TPSA) is 47.4 Å². The van der Waals surface area contributed by atoms with Crippen molar-refractivity contribution in [2.24, 2.45) is 0 Å².